The van der Waals surface area contributed by atoms with Crippen LogP contribution in [0.1, 0.15) is 5.82 Å². The number of alkyl halides is 3. The fourth-order valence-corrected chi connectivity index (χ4v) is 3.07. The van der Waals surface area contributed by atoms with E-state index in [4.69, 9.17) is 9.88 Å². The molecule has 28 heavy (non-hydrogen) atoms. The maximum atomic E-state index is 14.0. The van der Waals surface area contributed by atoms with Gasteiger partial charge in [-0.15, -0.1) is 0 Å². The van der Waals surface area contributed by atoms with Crippen LogP contribution in [0.2, 0.25) is 0 Å². The molecule has 0 spiro atoms. The van der Waals surface area contributed by atoms with Crippen LogP contribution < -0.4 is 9.88 Å². The number of hydrogen-bond acceptors (Lipinski definition) is 4. The molecule has 0 atom stereocenters. The fourth-order valence-electron chi connectivity index (χ4n) is 2.55. The molecule has 1 heterocycles. The SMILES string of the molecule is COc1ccc(-c2nc(C(F)(F)F)[nH]c2-c2ccc(S(N)(=O)=O)cc2)cc1F. The molecule has 3 N–H and O–H groups in total. The first-order chi connectivity index (χ1) is 13.0. The van der Waals surface area contributed by atoms with Crippen molar-refractivity contribution in [2.45, 2.75) is 11.1 Å². The molecule has 2 aromatic carbocycles. The maximum absolute atomic E-state index is 14.0. The number of hydrogen-bond donors (Lipinski definition) is 2. The number of H-pyrrole nitrogens is 1. The Hall–Kier alpha value is -2.92. The van der Waals surface area contributed by atoms with E-state index in [1.165, 1.54) is 31.4 Å². The van der Waals surface area contributed by atoms with E-state index in [2.05, 4.69) is 9.97 Å². The van der Waals surface area contributed by atoms with E-state index in [-0.39, 0.29) is 33.2 Å². The van der Waals surface area contributed by atoms with Gasteiger partial charge in [-0.3, -0.25) is 0 Å². The lowest BCUT2D eigenvalue weighted by molar-refractivity contribution is -0.144. The molecule has 0 aliphatic carbocycles. The van der Waals surface area contributed by atoms with E-state index < -0.39 is 27.8 Å². The number of ether oxygens (including phenoxy) is 1. The zero-order valence-corrected chi connectivity index (χ0v) is 15.0. The van der Waals surface area contributed by atoms with E-state index in [1.54, 1.807) is 0 Å². The molecular weight excluding hydrogens is 402 g/mol. The molecular formula is C17H13F4N3O3S. The number of benzene rings is 2. The Morgan fingerprint density at radius 1 is 1.07 bits per heavy atom. The summed E-state index contributed by atoms with van der Waals surface area (Å²) < 4.78 is 81.0. The number of aromatic nitrogens is 2. The fraction of sp³-hybridized carbons (Fsp3) is 0.118. The van der Waals surface area contributed by atoms with E-state index in [1.807, 2.05) is 0 Å². The molecule has 11 heteroatoms. The van der Waals surface area contributed by atoms with E-state index in [0.717, 1.165) is 18.2 Å². The number of aromatic amines is 1. The van der Waals surface area contributed by atoms with E-state index >= 15 is 0 Å². The average molecular weight is 415 g/mol. The smallest absolute Gasteiger partial charge is 0.449 e. The van der Waals surface area contributed by atoms with Crippen LogP contribution in [-0.2, 0) is 16.2 Å². The van der Waals surface area contributed by atoms with Crippen LogP contribution in [0.4, 0.5) is 17.6 Å². The van der Waals surface area contributed by atoms with Gasteiger partial charge in [-0.2, -0.15) is 13.2 Å². The molecule has 0 fully saturated rings. The summed E-state index contributed by atoms with van der Waals surface area (Å²) in [6, 6.07) is 8.47. The number of nitrogens with two attached hydrogens (primary N) is 1. The minimum atomic E-state index is -4.77. The first kappa shape index (κ1) is 19.8. The van der Waals surface area contributed by atoms with Crippen LogP contribution >= 0.6 is 0 Å². The summed E-state index contributed by atoms with van der Waals surface area (Å²) in [6.07, 6.45) is -4.77. The largest absolute Gasteiger partial charge is 0.494 e. The lowest BCUT2D eigenvalue weighted by atomic mass is 10.0. The lowest BCUT2D eigenvalue weighted by Crippen LogP contribution is -2.11. The summed E-state index contributed by atoms with van der Waals surface area (Å²) in [4.78, 5) is 5.53. The zero-order chi connectivity index (χ0) is 20.7. The Kier molecular flexibility index (Phi) is 4.90. The van der Waals surface area contributed by atoms with Crippen molar-refractivity contribution in [2.75, 3.05) is 7.11 Å². The molecule has 148 valence electrons. The lowest BCUT2D eigenvalue weighted by Gasteiger charge is -2.06. The average Bonchev–Trinajstić information content (AvgIpc) is 3.07. The van der Waals surface area contributed by atoms with Crippen molar-refractivity contribution in [3.63, 3.8) is 0 Å². The number of primary sulfonamides is 1. The normalized spacial score (nSPS) is 12.2. The van der Waals surface area contributed by atoms with Crippen LogP contribution in [0.25, 0.3) is 22.5 Å². The number of nitrogens with zero attached hydrogens (tertiary/aromatic N) is 1. The van der Waals surface area contributed by atoms with Crippen molar-refractivity contribution in [2.24, 2.45) is 5.14 Å². The molecule has 0 saturated carbocycles. The number of rotatable bonds is 4. The number of imidazole rings is 1. The van der Waals surface area contributed by atoms with Gasteiger partial charge in [-0.05, 0) is 30.3 Å². The van der Waals surface area contributed by atoms with Crippen molar-refractivity contribution in [3.05, 3.63) is 54.1 Å². The van der Waals surface area contributed by atoms with Crippen LogP contribution in [0.5, 0.6) is 5.75 Å². The Balaban J connectivity index is 2.18. The Morgan fingerprint density at radius 2 is 1.68 bits per heavy atom. The summed E-state index contributed by atoms with van der Waals surface area (Å²) in [5.41, 5.74) is 0.0762. The molecule has 0 aliphatic heterocycles. The molecule has 0 saturated heterocycles. The van der Waals surface area contributed by atoms with Gasteiger partial charge < -0.3 is 9.72 Å². The van der Waals surface area contributed by atoms with E-state index in [0.29, 0.717) is 0 Å². The van der Waals surface area contributed by atoms with Crippen LogP contribution in [0, 0.1) is 5.82 Å². The topological polar surface area (TPSA) is 98.1 Å². The highest BCUT2D eigenvalue weighted by Gasteiger charge is 2.36. The number of sulfonamides is 1. The number of nitrogens with one attached hydrogen (secondary N) is 1. The van der Waals surface area contributed by atoms with Gasteiger partial charge in [0.15, 0.2) is 11.6 Å². The van der Waals surface area contributed by atoms with Gasteiger partial charge in [0.25, 0.3) is 0 Å². The van der Waals surface area contributed by atoms with Gasteiger partial charge in [0.2, 0.25) is 15.8 Å². The third-order valence-electron chi connectivity index (χ3n) is 3.87. The molecule has 0 unspecified atom stereocenters. The van der Waals surface area contributed by atoms with E-state index in [9.17, 15) is 26.0 Å². The molecule has 0 aliphatic rings. The Bertz CT molecular complexity index is 1120. The van der Waals surface area contributed by atoms with Gasteiger partial charge in [-0.1, -0.05) is 12.1 Å². The Labute approximate surface area is 157 Å². The quantitative estimate of drug-likeness (QED) is 0.637. The first-order valence-corrected chi connectivity index (χ1v) is 9.19. The van der Waals surface area contributed by atoms with Crippen molar-refractivity contribution in [3.8, 4) is 28.3 Å². The van der Waals surface area contributed by atoms with Crippen molar-refractivity contribution in [1.29, 1.82) is 0 Å². The van der Waals surface area contributed by atoms with Crippen molar-refractivity contribution >= 4 is 10.0 Å². The van der Waals surface area contributed by atoms with Gasteiger partial charge in [0.05, 0.1) is 23.4 Å². The third kappa shape index (κ3) is 3.85. The second-order valence-corrected chi connectivity index (χ2v) is 7.29. The van der Waals surface area contributed by atoms with Gasteiger partial charge in [0, 0.05) is 11.1 Å². The van der Waals surface area contributed by atoms with Crippen LogP contribution in [-0.4, -0.2) is 25.5 Å². The molecule has 1 aromatic heterocycles. The zero-order valence-electron chi connectivity index (χ0n) is 14.2. The van der Waals surface area contributed by atoms with Gasteiger partial charge >= 0.3 is 6.18 Å². The monoisotopic (exact) mass is 415 g/mol. The highest BCUT2D eigenvalue weighted by atomic mass is 32.2. The second kappa shape index (κ2) is 6.91. The Morgan fingerprint density at radius 3 is 2.18 bits per heavy atom. The number of methoxy groups -OCH3 is 1. The maximum Gasteiger partial charge on any atom is 0.449 e. The molecule has 3 rings (SSSR count). The molecule has 6 nitrogen and oxygen atoms in total. The minimum absolute atomic E-state index is 0.0575. The summed E-state index contributed by atoms with van der Waals surface area (Å²) in [5, 5.41) is 5.02. The number of halogens is 4. The predicted octanol–water partition coefficient (Wildman–Crippen LogP) is 3.56. The molecule has 3 aromatic rings. The minimum Gasteiger partial charge on any atom is -0.494 e. The summed E-state index contributed by atoms with van der Waals surface area (Å²) in [7, 11) is -2.71. The molecule has 0 bridgehead atoms. The third-order valence-corrected chi connectivity index (χ3v) is 4.80. The van der Waals surface area contributed by atoms with Gasteiger partial charge in [0.1, 0.15) is 0 Å². The first-order valence-electron chi connectivity index (χ1n) is 7.65. The predicted molar refractivity (Wildman–Crippen MR) is 92.3 cm³/mol. The van der Waals surface area contributed by atoms with Gasteiger partial charge in [-0.25, -0.2) is 22.9 Å². The van der Waals surface area contributed by atoms with Crippen molar-refractivity contribution < 1.29 is 30.7 Å². The molecule has 0 radical (unpaired) electrons. The highest BCUT2D eigenvalue weighted by molar-refractivity contribution is 7.89. The summed E-state index contributed by atoms with van der Waals surface area (Å²) >= 11 is 0. The summed E-state index contributed by atoms with van der Waals surface area (Å²) in [6.45, 7) is 0. The van der Waals surface area contributed by atoms with Crippen molar-refractivity contribution in [1.82, 2.24) is 9.97 Å². The second-order valence-electron chi connectivity index (χ2n) is 5.73. The summed E-state index contributed by atoms with van der Waals surface area (Å²) in [5.74, 6) is -2.12. The van der Waals surface area contributed by atoms with Crippen LogP contribution in [0.3, 0.4) is 0 Å². The van der Waals surface area contributed by atoms with Crippen LogP contribution in [0.15, 0.2) is 47.4 Å². The standard InChI is InChI=1S/C17H13F4N3O3S/c1-27-13-7-4-10(8-12(13)18)15-14(23-16(24-15)17(19,20)21)9-2-5-11(6-3-9)28(22,25)26/h2-8H,1H3,(H,23,24)(H2,22,25,26). The highest BCUT2D eigenvalue weighted by Crippen LogP contribution is 2.36. The molecule has 0 amide bonds.